The standard InChI is InChI=1S/C12H20N2O4/c15-10(16)12(3-4-12)8-14-11(17)13-5-6-18-7-9-1-2-9/h9H,1-8H2,(H,15,16)(H2,13,14,17). The molecule has 18 heavy (non-hydrogen) atoms. The van der Waals surface area contributed by atoms with Crippen LogP contribution in [0.15, 0.2) is 0 Å². The van der Waals surface area contributed by atoms with Crippen LogP contribution in [0.3, 0.4) is 0 Å². The van der Waals surface area contributed by atoms with Gasteiger partial charge in [0, 0.05) is 19.7 Å². The van der Waals surface area contributed by atoms with E-state index in [-0.39, 0.29) is 12.6 Å². The van der Waals surface area contributed by atoms with Crippen LogP contribution in [0.4, 0.5) is 4.79 Å². The molecule has 2 saturated carbocycles. The smallest absolute Gasteiger partial charge is 0.314 e. The molecule has 6 nitrogen and oxygen atoms in total. The molecule has 2 aliphatic rings. The van der Waals surface area contributed by atoms with Gasteiger partial charge in [-0.1, -0.05) is 0 Å². The van der Waals surface area contributed by atoms with Gasteiger partial charge in [0.2, 0.25) is 0 Å². The molecular weight excluding hydrogens is 236 g/mol. The topological polar surface area (TPSA) is 87.7 Å². The molecule has 2 rings (SSSR count). The number of carboxylic acids is 1. The molecule has 2 aliphatic carbocycles. The van der Waals surface area contributed by atoms with Crippen molar-refractivity contribution in [3.8, 4) is 0 Å². The van der Waals surface area contributed by atoms with Crippen LogP contribution < -0.4 is 10.6 Å². The van der Waals surface area contributed by atoms with Gasteiger partial charge in [-0.25, -0.2) is 4.79 Å². The van der Waals surface area contributed by atoms with E-state index in [2.05, 4.69) is 10.6 Å². The summed E-state index contributed by atoms with van der Waals surface area (Å²) < 4.78 is 5.37. The maximum atomic E-state index is 11.4. The highest BCUT2D eigenvalue weighted by molar-refractivity contribution is 5.80. The first-order chi connectivity index (χ1) is 8.62. The number of urea groups is 1. The molecule has 0 unspecified atom stereocenters. The monoisotopic (exact) mass is 256 g/mol. The molecule has 0 aromatic heterocycles. The van der Waals surface area contributed by atoms with Crippen LogP contribution in [0.25, 0.3) is 0 Å². The predicted octanol–water partition coefficient (Wildman–Crippen LogP) is 0.577. The van der Waals surface area contributed by atoms with E-state index < -0.39 is 11.4 Å². The predicted molar refractivity (Wildman–Crippen MR) is 64.2 cm³/mol. The largest absolute Gasteiger partial charge is 0.481 e. The lowest BCUT2D eigenvalue weighted by molar-refractivity contribution is -0.143. The maximum Gasteiger partial charge on any atom is 0.314 e. The second kappa shape index (κ2) is 5.56. The summed E-state index contributed by atoms with van der Waals surface area (Å²) >= 11 is 0. The summed E-state index contributed by atoms with van der Waals surface area (Å²) in [6.45, 7) is 1.95. The summed E-state index contributed by atoms with van der Waals surface area (Å²) in [4.78, 5) is 22.3. The van der Waals surface area contributed by atoms with E-state index in [4.69, 9.17) is 9.84 Å². The van der Waals surface area contributed by atoms with Gasteiger partial charge >= 0.3 is 12.0 Å². The highest BCUT2D eigenvalue weighted by Gasteiger charge is 2.50. The summed E-state index contributed by atoms with van der Waals surface area (Å²) in [5.74, 6) is -0.0975. The molecule has 0 aromatic rings. The quantitative estimate of drug-likeness (QED) is 0.554. The van der Waals surface area contributed by atoms with Crippen molar-refractivity contribution in [2.24, 2.45) is 11.3 Å². The molecule has 102 valence electrons. The number of carboxylic acid groups (broad SMARTS) is 1. The molecule has 0 heterocycles. The lowest BCUT2D eigenvalue weighted by atomic mass is 10.1. The van der Waals surface area contributed by atoms with E-state index >= 15 is 0 Å². The van der Waals surface area contributed by atoms with Gasteiger partial charge in [0.25, 0.3) is 0 Å². The van der Waals surface area contributed by atoms with Crippen LogP contribution in [0.5, 0.6) is 0 Å². The van der Waals surface area contributed by atoms with Crippen LogP contribution in [-0.4, -0.2) is 43.4 Å². The fraction of sp³-hybridized carbons (Fsp3) is 0.833. The van der Waals surface area contributed by atoms with Gasteiger partial charge in [0.05, 0.1) is 12.0 Å². The SMILES string of the molecule is O=C(NCCOCC1CC1)NCC1(C(=O)O)CC1. The Morgan fingerprint density at radius 3 is 2.56 bits per heavy atom. The van der Waals surface area contributed by atoms with Gasteiger partial charge in [-0.05, 0) is 31.6 Å². The van der Waals surface area contributed by atoms with E-state index in [1.807, 2.05) is 0 Å². The van der Waals surface area contributed by atoms with Crippen molar-refractivity contribution in [2.45, 2.75) is 25.7 Å². The fourth-order valence-corrected chi connectivity index (χ4v) is 1.70. The number of ether oxygens (including phenoxy) is 1. The Morgan fingerprint density at radius 2 is 2.00 bits per heavy atom. The van der Waals surface area contributed by atoms with Gasteiger partial charge in [0.15, 0.2) is 0 Å². The van der Waals surface area contributed by atoms with Gasteiger partial charge < -0.3 is 20.5 Å². The summed E-state index contributed by atoms with van der Waals surface area (Å²) in [6.07, 6.45) is 3.80. The lowest BCUT2D eigenvalue weighted by Crippen LogP contribution is -2.41. The van der Waals surface area contributed by atoms with Crippen molar-refractivity contribution >= 4 is 12.0 Å². The minimum atomic E-state index is -0.824. The Morgan fingerprint density at radius 1 is 1.28 bits per heavy atom. The van der Waals surface area contributed by atoms with Crippen molar-refractivity contribution in [1.29, 1.82) is 0 Å². The summed E-state index contributed by atoms with van der Waals surface area (Å²) in [5, 5.41) is 14.2. The van der Waals surface area contributed by atoms with Crippen molar-refractivity contribution in [2.75, 3.05) is 26.3 Å². The molecule has 0 bridgehead atoms. The van der Waals surface area contributed by atoms with Crippen molar-refractivity contribution in [3.05, 3.63) is 0 Å². The first kappa shape index (κ1) is 13.1. The number of carbonyl (C=O) groups is 2. The number of aliphatic carboxylic acids is 1. The van der Waals surface area contributed by atoms with Crippen LogP contribution in [0.1, 0.15) is 25.7 Å². The van der Waals surface area contributed by atoms with E-state index in [0.717, 1.165) is 12.5 Å². The van der Waals surface area contributed by atoms with Gasteiger partial charge in [-0.15, -0.1) is 0 Å². The fourth-order valence-electron chi connectivity index (χ4n) is 1.70. The number of hydrogen-bond acceptors (Lipinski definition) is 3. The van der Waals surface area contributed by atoms with E-state index in [1.54, 1.807) is 0 Å². The first-order valence-electron chi connectivity index (χ1n) is 6.45. The molecule has 2 fully saturated rings. The molecule has 0 radical (unpaired) electrons. The minimum Gasteiger partial charge on any atom is -0.481 e. The Hall–Kier alpha value is -1.30. The molecule has 0 aliphatic heterocycles. The molecule has 3 N–H and O–H groups in total. The molecular formula is C12H20N2O4. The van der Waals surface area contributed by atoms with Gasteiger partial charge in [-0.2, -0.15) is 0 Å². The minimum absolute atomic E-state index is 0.205. The molecule has 0 aromatic carbocycles. The third-order valence-electron chi connectivity index (χ3n) is 3.48. The third kappa shape index (κ3) is 3.87. The molecule has 2 amide bonds. The maximum absolute atomic E-state index is 11.4. The second-order valence-electron chi connectivity index (χ2n) is 5.21. The van der Waals surface area contributed by atoms with Crippen molar-refractivity contribution in [1.82, 2.24) is 10.6 Å². The normalized spacial score (nSPS) is 20.2. The summed E-state index contributed by atoms with van der Waals surface area (Å²) in [6, 6.07) is -0.322. The van der Waals surface area contributed by atoms with E-state index in [9.17, 15) is 9.59 Å². The summed E-state index contributed by atoms with van der Waals surface area (Å²) in [5.41, 5.74) is -0.709. The zero-order valence-electron chi connectivity index (χ0n) is 10.4. The number of rotatable bonds is 8. The second-order valence-corrected chi connectivity index (χ2v) is 5.21. The zero-order chi connectivity index (χ0) is 13.0. The Balaban J connectivity index is 1.48. The van der Waals surface area contributed by atoms with Crippen LogP contribution in [0.2, 0.25) is 0 Å². The highest BCUT2D eigenvalue weighted by Crippen LogP contribution is 2.45. The number of amides is 2. The Labute approximate surface area is 106 Å². The molecule has 0 spiro atoms. The number of hydrogen-bond donors (Lipinski definition) is 3. The van der Waals surface area contributed by atoms with E-state index in [1.165, 1.54) is 12.8 Å². The lowest BCUT2D eigenvalue weighted by Gasteiger charge is -2.12. The molecule has 6 heteroatoms. The van der Waals surface area contributed by atoms with Crippen molar-refractivity contribution in [3.63, 3.8) is 0 Å². The molecule has 0 saturated heterocycles. The molecule has 0 atom stereocenters. The van der Waals surface area contributed by atoms with Crippen LogP contribution >= 0.6 is 0 Å². The number of nitrogens with one attached hydrogen (secondary N) is 2. The summed E-state index contributed by atoms with van der Waals surface area (Å²) in [7, 11) is 0. The average Bonchev–Trinajstić information content (AvgIpc) is 3.21. The van der Waals surface area contributed by atoms with Crippen LogP contribution in [-0.2, 0) is 9.53 Å². The van der Waals surface area contributed by atoms with Crippen molar-refractivity contribution < 1.29 is 19.4 Å². The average molecular weight is 256 g/mol. The Kier molecular flexibility index (Phi) is 4.06. The zero-order valence-corrected chi connectivity index (χ0v) is 10.4. The van der Waals surface area contributed by atoms with E-state index in [0.29, 0.717) is 26.0 Å². The first-order valence-corrected chi connectivity index (χ1v) is 6.45. The van der Waals surface area contributed by atoms with Gasteiger partial charge in [-0.3, -0.25) is 4.79 Å². The number of carbonyl (C=O) groups excluding carboxylic acids is 1. The highest BCUT2D eigenvalue weighted by atomic mass is 16.5. The third-order valence-corrected chi connectivity index (χ3v) is 3.48. The van der Waals surface area contributed by atoms with Crippen LogP contribution in [0, 0.1) is 11.3 Å². The Bertz CT molecular complexity index is 324. The van der Waals surface area contributed by atoms with Gasteiger partial charge in [0.1, 0.15) is 0 Å².